The van der Waals surface area contributed by atoms with Crippen molar-refractivity contribution in [2.24, 2.45) is 0 Å². The molecule has 1 aromatic carbocycles. The van der Waals surface area contributed by atoms with Gasteiger partial charge in [0.05, 0.1) is 17.8 Å². The highest BCUT2D eigenvalue weighted by molar-refractivity contribution is 5.83. The van der Waals surface area contributed by atoms with Crippen LogP contribution in [0.3, 0.4) is 0 Å². The fourth-order valence-corrected chi connectivity index (χ4v) is 6.02. The Balaban J connectivity index is 1.18. The molecular formula is C32H33F4N5O3. The molecule has 0 bridgehead atoms. The number of H-pyrrole nitrogens is 1. The number of piperidine rings is 1. The van der Waals surface area contributed by atoms with Gasteiger partial charge in [-0.05, 0) is 80.8 Å². The van der Waals surface area contributed by atoms with E-state index in [9.17, 15) is 22.4 Å². The van der Waals surface area contributed by atoms with E-state index in [0.717, 1.165) is 33.9 Å². The number of pyridine rings is 2. The number of nitrogens with one attached hydrogen (secondary N) is 1. The van der Waals surface area contributed by atoms with Crippen LogP contribution in [-0.4, -0.2) is 69.6 Å². The van der Waals surface area contributed by atoms with Gasteiger partial charge in [0.15, 0.2) is 0 Å². The van der Waals surface area contributed by atoms with Crippen LogP contribution in [0.25, 0.3) is 11.0 Å². The van der Waals surface area contributed by atoms with Crippen molar-refractivity contribution in [3.8, 4) is 17.4 Å². The molecule has 0 radical (unpaired) electrons. The Hall–Kier alpha value is -4.19. The Kier molecular flexibility index (Phi) is 7.95. The van der Waals surface area contributed by atoms with Crippen LogP contribution < -0.4 is 9.47 Å². The molecule has 12 heteroatoms. The molecule has 44 heavy (non-hydrogen) atoms. The van der Waals surface area contributed by atoms with Crippen molar-refractivity contribution in [1.82, 2.24) is 24.8 Å². The molecule has 3 atom stereocenters. The fraction of sp³-hybridized carbons (Fsp3) is 0.406. The number of aromatic amines is 1. The van der Waals surface area contributed by atoms with Gasteiger partial charge in [0, 0.05) is 37.7 Å². The topological polar surface area (TPSA) is 83.6 Å². The molecule has 0 aliphatic carbocycles. The molecule has 1 saturated heterocycles. The zero-order chi connectivity index (χ0) is 31.2. The number of aromatic nitrogens is 3. The van der Waals surface area contributed by atoms with Crippen molar-refractivity contribution in [2.45, 2.75) is 57.6 Å². The predicted molar refractivity (Wildman–Crippen MR) is 156 cm³/mol. The molecule has 2 aliphatic heterocycles. The highest BCUT2D eigenvalue weighted by Gasteiger charge is 2.38. The monoisotopic (exact) mass is 611 g/mol. The van der Waals surface area contributed by atoms with Crippen LogP contribution in [-0.2, 0) is 23.8 Å². The number of likely N-dealkylation sites (tertiary alicyclic amines) is 1. The van der Waals surface area contributed by atoms with Crippen molar-refractivity contribution < 1.29 is 31.8 Å². The van der Waals surface area contributed by atoms with Crippen LogP contribution in [0.15, 0.2) is 48.8 Å². The third-order valence-corrected chi connectivity index (χ3v) is 8.35. The van der Waals surface area contributed by atoms with E-state index < -0.39 is 29.9 Å². The van der Waals surface area contributed by atoms with Crippen molar-refractivity contribution in [1.29, 1.82) is 0 Å². The number of alkyl halides is 4. The molecule has 3 aromatic heterocycles. The number of rotatable bonds is 6. The lowest BCUT2D eigenvalue weighted by atomic mass is 9.92. The smallest absolute Gasteiger partial charge is 0.421 e. The summed E-state index contributed by atoms with van der Waals surface area (Å²) in [4.78, 5) is 28.3. The predicted octanol–water partition coefficient (Wildman–Crippen LogP) is 6.19. The SMILES string of the molecule is Cc1cc2c(Oc3ccc4c(c3)[C@H](C)N(C(=O)Cc3cnc(OC5CCN(C)CC5F)c(C(F)(F)F)c3)CC4)ccnc2[nH]1. The third-order valence-electron chi connectivity index (χ3n) is 8.35. The van der Waals surface area contributed by atoms with E-state index in [1.807, 2.05) is 38.1 Å². The minimum Gasteiger partial charge on any atom is -0.471 e. The van der Waals surface area contributed by atoms with E-state index >= 15 is 0 Å². The molecule has 6 rings (SSSR count). The number of fused-ring (bicyclic) bond motifs is 2. The number of amides is 1. The number of halogens is 4. The van der Waals surface area contributed by atoms with Crippen molar-refractivity contribution in [3.05, 3.63) is 76.7 Å². The summed E-state index contributed by atoms with van der Waals surface area (Å²) >= 11 is 0. The number of aryl methyl sites for hydroxylation is 1. The van der Waals surface area contributed by atoms with Gasteiger partial charge in [-0.25, -0.2) is 14.4 Å². The molecule has 2 unspecified atom stereocenters. The third kappa shape index (κ3) is 6.08. The number of carbonyl (C=O) groups excluding carboxylic acids is 1. The van der Waals surface area contributed by atoms with Gasteiger partial charge in [-0.1, -0.05) is 6.07 Å². The van der Waals surface area contributed by atoms with Crippen LogP contribution in [0.2, 0.25) is 0 Å². The first-order valence-corrected chi connectivity index (χ1v) is 14.6. The number of hydrogen-bond donors (Lipinski definition) is 1. The minimum absolute atomic E-state index is 0.0730. The Morgan fingerprint density at radius 1 is 1.14 bits per heavy atom. The second kappa shape index (κ2) is 11.7. The van der Waals surface area contributed by atoms with Gasteiger partial charge in [0.1, 0.15) is 35.0 Å². The lowest BCUT2D eigenvalue weighted by Gasteiger charge is -2.35. The van der Waals surface area contributed by atoms with E-state index in [1.165, 1.54) is 6.20 Å². The minimum atomic E-state index is -4.79. The molecule has 4 aromatic rings. The summed E-state index contributed by atoms with van der Waals surface area (Å²) in [7, 11) is 1.74. The molecule has 0 spiro atoms. The molecule has 1 fully saturated rings. The van der Waals surface area contributed by atoms with Crippen molar-refractivity contribution in [3.63, 3.8) is 0 Å². The summed E-state index contributed by atoms with van der Waals surface area (Å²) in [6, 6.07) is 10.1. The van der Waals surface area contributed by atoms with Gasteiger partial charge in [-0.15, -0.1) is 0 Å². The number of carbonyl (C=O) groups is 1. The summed E-state index contributed by atoms with van der Waals surface area (Å²) < 4.78 is 68.2. The van der Waals surface area contributed by atoms with Gasteiger partial charge in [0.2, 0.25) is 11.8 Å². The van der Waals surface area contributed by atoms with Crippen molar-refractivity contribution >= 4 is 16.9 Å². The van der Waals surface area contributed by atoms with Gasteiger partial charge >= 0.3 is 6.18 Å². The number of ether oxygens (including phenoxy) is 2. The molecular weight excluding hydrogens is 578 g/mol. The van der Waals surface area contributed by atoms with Gasteiger partial charge in [-0.2, -0.15) is 13.2 Å². The van der Waals surface area contributed by atoms with Crippen LogP contribution in [0.5, 0.6) is 17.4 Å². The fourth-order valence-electron chi connectivity index (χ4n) is 6.02. The van der Waals surface area contributed by atoms with Crippen LogP contribution in [0.4, 0.5) is 17.6 Å². The maximum absolute atomic E-state index is 14.5. The lowest BCUT2D eigenvalue weighted by molar-refractivity contribution is -0.140. The van der Waals surface area contributed by atoms with Crippen LogP contribution >= 0.6 is 0 Å². The molecule has 1 amide bonds. The maximum Gasteiger partial charge on any atom is 0.421 e. The number of benzene rings is 1. The molecule has 5 heterocycles. The molecule has 1 N–H and O–H groups in total. The largest absolute Gasteiger partial charge is 0.471 e. The highest BCUT2D eigenvalue weighted by atomic mass is 19.4. The summed E-state index contributed by atoms with van der Waals surface area (Å²) in [6.07, 6.45) is -3.79. The molecule has 0 saturated carbocycles. The Morgan fingerprint density at radius 2 is 1.95 bits per heavy atom. The van der Waals surface area contributed by atoms with Gasteiger partial charge in [0.25, 0.3) is 0 Å². The normalized spacial score (nSPS) is 20.9. The first-order valence-electron chi connectivity index (χ1n) is 14.6. The molecule has 232 valence electrons. The second-order valence-corrected chi connectivity index (χ2v) is 11.6. The highest BCUT2D eigenvalue weighted by Crippen LogP contribution is 2.38. The Labute approximate surface area is 252 Å². The lowest BCUT2D eigenvalue weighted by Crippen LogP contribution is -2.45. The summed E-state index contributed by atoms with van der Waals surface area (Å²) in [5.41, 5.74) is 2.66. The number of hydrogen-bond acceptors (Lipinski definition) is 6. The van der Waals surface area contributed by atoms with E-state index in [2.05, 4.69) is 15.0 Å². The molecule has 8 nitrogen and oxygen atoms in total. The Bertz CT molecular complexity index is 1690. The van der Waals surface area contributed by atoms with Gasteiger partial charge in [-0.3, -0.25) is 4.79 Å². The second-order valence-electron chi connectivity index (χ2n) is 11.6. The number of nitrogens with zero attached hydrogens (tertiary/aromatic N) is 4. The van der Waals surface area contributed by atoms with Crippen LogP contribution in [0, 0.1) is 6.92 Å². The van der Waals surface area contributed by atoms with E-state index in [0.29, 0.717) is 31.0 Å². The zero-order valence-corrected chi connectivity index (χ0v) is 24.6. The Morgan fingerprint density at radius 3 is 2.73 bits per heavy atom. The average molecular weight is 612 g/mol. The summed E-state index contributed by atoms with van der Waals surface area (Å²) in [5.74, 6) is 0.260. The first-order chi connectivity index (χ1) is 21.0. The standard InChI is InChI=1S/C32H33F4N5O3/c1-18-12-24-27(6-9-37-30(24)39-18)43-22-5-4-21-7-11-41(19(2)23(21)15-22)29(42)14-20-13-25(32(34,35)36)31(38-16-20)44-28-8-10-40(3)17-26(28)33/h4-6,9,12-13,15-16,19,26,28H,7-8,10-11,14,17H2,1-3H3,(H,37,39)/t19-,26?,28?/m0/s1. The average Bonchev–Trinajstić information content (AvgIpc) is 3.36. The zero-order valence-electron chi connectivity index (χ0n) is 24.6. The van der Waals surface area contributed by atoms with Crippen LogP contribution in [0.1, 0.15) is 47.3 Å². The first kappa shape index (κ1) is 29.9. The summed E-state index contributed by atoms with van der Waals surface area (Å²) in [6.45, 7) is 4.84. The summed E-state index contributed by atoms with van der Waals surface area (Å²) in [5, 5.41) is 0.853. The maximum atomic E-state index is 14.5. The quantitative estimate of drug-likeness (QED) is 0.262. The van der Waals surface area contributed by atoms with E-state index in [-0.39, 0.29) is 36.9 Å². The van der Waals surface area contributed by atoms with E-state index in [4.69, 9.17) is 9.47 Å². The van der Waals surface area contributed by atoms with E-state index in [1.54, 1.807) is 29.1 Å². The molecule has 2 aliphatic rings. The van der Waals surface area contributed by atoms with Crippen molar-refractivity contribution in [2.75, 3.05) is 26.7 Å². The van der Waals surface area contributed by atoms with Gasteiger partial charge < -0.3 is 24.3 Å².